The summed E-state index contributed by atoms with van der Waals surface area (Å²) in [4.78, 5) is 2.86. The summed E-state index contributed by atoms with van der Waals surface area (Å²) >= 11 is 0. The van der Waals surface area contributed by atoms with Gasteiger partial charge in [0.15, 0.2) is 0 Å². The monoisotopic (exact) mass is 279 g/mol. The fourth-order valence-corrected chi connectivity index (χ4v) is 6.22. The van der Waals surface area contributed by atoms with Gasteiger partial charge in [0.2, 0.25) is 0 Å². The number of rotatable bonds is 3. The lowest BCUT2D eigenvalue weighted by atomic mass is 9.53. The molecule has 1 aromatic carbocycles. The highest BCUT2D eigenvalue weighted by atomic mass is 15.4. The van der Waals surface area contributed by atoms with Crippen LogP contribution in [0.1, 0.15) is 55.7 Å². The molecule has 6 rings (SSSR count). The van der Waals surface area contributed by atoms with E-state index >= 15 is 0 Å². The van der Waals surface area contributed by atoms with Gasteiger partial charge in [0.05, 0.1) is 0 Å². The van der Waals surface area contributed by atoms with Gasteiger partial charge in [-0.3, -0.25) is 4.90 Å². The Morgan fingerprint density at radius 3 is 2.05 bits per heavy atom. The molecule has 1 heterocycles. The van der Waals surface area contributed by atoms with E-state index in [-0.39, 0.29) is 0 Å². The second-order valence-corrected chi connectivity index (χ2v) is 8.18. The number of hydrogen-bond acceptors (Lipinski definition) is 1. The standard InChI is InChI=1S/C20H25N/c1-2-14-3-5-18(6-4-14)19-13-21(19)20-10-15-7-16(11-20)9-17(8-15)12-20/h2-6,15-17,19H,1,7-13H2. The minimum absolute atomic E-state index is 0.594. The molecule has 1 heteroatoms. The third-order valence-corrected chi connectivity index (χ3v) is 6.78. The molecule has 21 heavy (non-hydrogen) atoms. The maximum absolute atomic E-state index is 3.85. The summed E-state index contributed by atoms with van der Waals surface area (Å²) in [5, 5.41) is 0. The summed E-state index contributed by atoms with van der Waals surface area (Å²) < 4.78 is 0. The maximum Gasteiger partial charge on any atom is 0.0481 e. The largest absolute Gasteiger partial charge is 0.287 e. The van der Waals surface area contributed by atoms with Crippen molar-refractivity contribution < 1.29 is 0 Å². The average Bonchev–Trinajstić information content (AvgIpc) is 3.27. The molecular formula is C20H25N. The molecular weight excluding hydrogens is 254 g/mol. The summed E-state index contributed by atoms with van der Waals surface area (Å²) in [6, 6.07) is 9.79. The van der Waals surface area contributed by atoms with Crippen LogP contribution in [-0.2, 0) is 0 Å². The Labute approximate surface area is 128 Å². The van der Waals surface area contributed by atoms with E-state index < -0.39 is 0 Å². The van der Waals surface area contributed by atoms with Crippen LogP contribution < -0.4 is 0 Å². The first-order valence-electron chi connectivity index (χ1n) is 8.75. The first-order chi connectivity index (χ1) is 10.3. The van der Waals surface area contributed by atoms with E-state index in [4.69, 9.17) is 0 Å². The minimum atomic E-state index is 0.594. The summed E-state index contributed by atoms with van der Waals surface area (Å²) in [5.41, 5.74) is 3.35. The predicted octanol–water partition coefficient (Wildman–Crippen LogP) is 4.66. The van der Waals surface area contributed by atoms with Gasteiger partial charge in [-0.05, 0) is 67.4 Å². The Morgan fingerprint density at radius 1 is 0.952 bits per heavy atom. The van der Waals surface area contributed by atoms with Gasteiger partial charge in [-0.15, -0.1) is 0 Å². The molecule has 4 saturated carbocycles. The Morgan fingerprint density at radius 2 is 1.52 bits per heavy atom. The van der Waals surface area contributed by atoms with Crippen molar-refractivity contribution >= 4 is 6.08 Å². The topological polar surface area (TPSA) is 3.01 Å². The molecule has 1 aromatic rings. The van der Waals surface area contributed by atoms with Gasteiger partial charge < -0.3 is 0 Å². The lowest BCUT2D eigenvalue weighted by Gasteiger charge is -2.57. The highest BCUT2D eigenvalue weighted by Crippen LogP contribution is 2.61. The molecule has 0 radical (unpaired) electrons. The Bertz CT molecular complexity index is 535. The summed E-state index contributed by atoms with van der Waals surface area (Å²) in [7, 11) is 0. The lowest BCUT2D eigenvalue weighted by Crippen LogP contribution is -2.54. The molecule has 0 spiro atoms. The van der Waals surface area contributed by atoms with Crippen LogP contribution in [0, 0.1) is 17.8 Å². The number of hydrogen-bond donors (Lipinski definition) is 0. The number of benzene rings is 1. The lowest BCUT2D eigenvalue weighted by molar-refractivity contribution is -0.0534. The van der Waals surface area contributed by atoms with Crippen molar-refractivity contribution in [3.05, 3.63) is 42.0 Å². The van der Waals surface area contributed by atoms with Crippen molar-refractivity contribution in [2.75, 3.05) is 6.54 Å². The Kier molecular flexibility index (Phi) is 2.51. The van der Waals surface area contributed by atoms with Gasteiger partial charge in [-0.1, -0.05) is 36.9 Å². The van der Waals surface area contributed by atoms with E-state index in [0.717, 1.165) is 17.8 Å². The zero-order valence-electron chi connectivity index (χ0n) is 12.8. The van der Waals surface area contributed by atoms with E-state index in [2.05, 4.69) is 35.7 Å². The quantitative estimate of drug-likeness (QED) is 0.727. The SMILES string of the molecule is C=Cc1ccc(C2CN2C23CC4CC(CC(C4)C2)C3)cc1. The molecule has 110 valence electrons. The zero-order valence-corrected chi connectivity index (χ0v) is 12.8. The predicted molar refractivity (Wildman–Crippen MR) is 86.9 cm³/mol. The van der Waals surface area contributed by atoms with Gasteiger partial charge in [0.1, 0.15) is 0 Å². The molecule has 0 amide bonds. The van der Waals surface area contributed by atoms with Crippen molar-refractivity contribution in [3.63, 3.8) is 0 Å². The second kappa shape index (κ2) is 4.23. The fourth-order valence-electron chi connectivity index (χ4n) is 6.22. The molecule has 0 N–H and O–H groups in total. The number of nitrogens with zero attached hydrogens (tertiary/aromatic N) is 1. The van der Waals surface area contributed by atoms with Crippen LogP contribution in [0.25, 0.3) is 6.08 Å². The summed E-state index contributed by atoms with van der Waals surface area (Å²) in [6.07, 6.45) is 11.1. The Balaban J connectivity index is 1.39. The average molecular weight is 279 g/mol. The molecule has 4 bridgehead atoms. The molecule has 0 aromatic heterocycles. The van der Waals surface area contributed by atoms with E-state index in [1.165, 1.54) is 36.9 Å². The Hall–Kier alpha value is -1.08. The molecule has 1 aliphatic heterocycles. The van der Waals surface area contributed by atoms with Crippen LogP contribution >= 0.6 is 0 Å². The van der Waals surface area contributed by atoms with Crippen LogP contribution in [-0.4, -0.2) is 17.0 Å². The van der Waals surface area contributed by atoms with Crippen LogP contribution in [0.15, 0.2) is 30.8 Å². The molecule has 5 aliphatic rings. The van der Waals surface area contributed by atoms with Crippen molar-refractivity contribution in [1.29, 1.82) is 0 Å². The zero-order chi connectivity index (χ0) is 14.0. The van der Waals surface area contributed by atoms with Crippen LogP contribution in [0.5, 0.6) is 0 Å². The first-order valence-corrected chi connectivity index (χ1v) is 8.75. The summed E-state index contributed by atoms with van der Waals surface area (Å²) in [5.74, 6) is 3.17. The molecule has 2 atom stereocenters. The van der Waals surface area contributed by atoms with Crippen LogP contribution in [0.4, 0.5) is 0 Å². The van der Waals surface area contributed by atoms with Gasteiger partial charge >= 0.3 is 0 Å². The van der Waals surface area contributed by atoms with Gasteiger partial charge in [0.25, 0.3) is 0 Å². The minimum Gasteiger partial charge on any atom is -0.287 e. The third kappa shape index (κ3) is 1.86. The van der Waals surface area contributed by atoms with E-state index in [0.29, 0.717) is 11.6 Å². The van der Waals surface area contributed by atoms with Crippen molar-refractivity contribution in [3.8, 4) is 0 Å². The van der Waals surface area contributed by atoms with Gasteiger partial charge in [-0.25, -0.2) is 0 Å². The highest BCUT2D eigenvalue weighted by molar-refractivity contribution is 5.48. The molecule has 4 aliphatic carbocycles. The van der Waals surface area contributed by atoms with Crippen molar-refractivity contribution in [1.82, 2.24) is 4.90 Å². The third-order valence-electron chi connectivity index (χ3n) is 6.78. The van der Waals surface area contributed by atoms with E-state index in [9.17, 15) is 0 Å². The molecule has 1 nitrogen and oxygen atoms in total. The highest BCUT2D eigenvalue weighted by Gasteiger charge is 2.59. The normalized spacial score (nSPS) is 46.6. The van der Waals surface area contributed by atoms with Crippen molar-refractivity contribution in [2.45, 2.75) is 50.1 Å². The summed E-state index contributed by atoms with van der Waals surface area (Å²) in [6.45, 7) is 5.16. The van der Waals surface area contributed by atoms with Crippen LogP contribution in [0.2, 0.25) is 0 Å². The smallest absolute Gasteiger partial charge is 0.0481 e. The van der Waals surface area contributed by atoms with Crippen LogP contribution in [0.3, 0.4) is 0 Å². The fraction of sp³-hybridized carbons (Fsp3) is 0.600. The molecule has 1 saturated heterocycles. The van der Waals surface area contributed by atoms with E-state index in [1.807, 2.05) is 6.08 Å². The molecule has 2 unspecified atom stereocenters. The first kappa shape index (κ1) is 12.5. The maximum atomic E-state index is 3.85. The van der Waals surface area contributed by atoms with Gasteiger partial charge in [-0.2, -0.15) is 0 Å². The van der Waals surface area contributed by atoms with E-state index in [1.54, 1.807) is 19.3 Å². The van der Waals surface area contributed by atoms with Crippen molar-refractivity contribution in [2.24, 2.45) is 17.8 Å². The molecule has 5 fully saturated rings. The van der Waals surface area contributed by atoms with Gasteiger partial charge in [0, 0.05) is 18.1 Å². The second-order valence-electron chi connectivity index (χ2n) is 8.18.